The van der Waals surface area contributed by atoms with Crippen molar-refractivity contribution in [1.82, 2.24) is 14.8 Å². The zero-order valence-electron chi connectivity index (χ0n) is 15.1. The third-order valence-electron chi connectivity index (χ3n) is 4.67. The van der Waals surface area contributed by atoms with Gasteiger partial charge in [-0.3, -0.25) is 9.67 Å². The number of rotatable bonds is 2. The van der Waals surface area contributed by atoms with E-state index in [-0.39, 0.29) is 5.25 Å². The Morgan fingerprint density at radius 1 is 1.23 bits per heavy atom. The molecule has 4 rings (SSSR count). The summed E-state index contributed by atoms with van der Waals surface area (Å²) in [6.45, 7) is 5.06. The Balaban J connectivity index is 1.93. The van der Waals surface area contributed by atoms with Crippen molar-refractivity contribution in [3.8, 4) is 11.4 Å². The van der Waals surface area contributed by atoms with Crippen molar-refractivity contribution < 1.29 is 0 Å². The molecule has 3 heterocycles. The molecule has 2 aromatic heterocycles. The molecular formula is C20H21ClN4S. The van der Waals surface area contributed by atoms with Gasteiger partial charge in [-0.05, 0) is 49.2 Å². The van der Waals surface area contributed by atoms with E-state index in [4.69, 9.17) is 21.7 Å². The molecule has 1 N–H and O–H groups in total. The number of nitrogens with one attached hydrogen (secondary N) is 1. The van der Waals surface area contributed by atoms with Crippen molar-refractivity contribution in [3.63, 3.8) is 0 Å². The number of thioether (sulfide) groups is 1. The lowest BCUT2D eigenvalue weighted by Crippen LogP contribution is -2.06. The molecule has 0 saturated carbocycles. The van der Waals surface area contributed by atoms with Crippen molar-refractivity contribution in [2.45, 2.75) is 19.1 Å². The lowest BCUT2D eigenvalue weighted by Gasteiger charge is -2.19. The molecule has 1 atom stereocenters. The number of halogens is 1. The number of fused-ring (bicyclic) bond motifs is 1. The van der Waals surface area contributed by atoms with Gasteiger partial charge in [-0.15, -0.1) is 11.8 Å². The highest BCUT2D eigenvalue weighted by molar-refractivity contribution is 7.99. The number of aryl methyl sites for hydroxylation is 3. The molecular weight excluding hydrogens is 364 g/mol. The summed E-state index contributed by atoms with van der Waals surface area (Å²) >= 11 is 8.13. The van der Waals surface area contributed by atoms with Crippen LogP contribution < -0.4 is 5.32 Å². The third kappa shape index (κ3) is 3.10. The molecule has 1 aliphatic heterocycles. The molecule has 3 aromatic rings. The zero-order chi connectivity index (χ0) is 18.3. The van der Waals surface area contributed by atoms with Crippen LogP contribution in [0.25, 0.3) is 11.4 Å². The minimum absolute atomic E-state index is 0.197. The number of benzene rings is 1. The number of aromatic nitrogens is 3. The van der Waals surface area contributed by atoms with E-state index in [2.05, 4.69) is 18.3 Å². The fraction of sp³-hybridized carbons (Fsp3) is 0.300. The van der Waals surface area contributed by atoms with Crippen LogP contribution in [0.15, 0.2) is 36.4 Å². The van der Waals surface area contributed by atoms with Gasteiger partial charge in [0.1, 0.15) is 11.5 Å². The molecule has 4 nitrogen and oxygen atoms in total. The van der Waals surface area contributed by atoms with Crippen molar-refractivity contribution >= 4 is 29.2 Å². The van der Waals surface area contributed by atoms with Gasteiger partial charge in [0, 0.05) is 35.6 Å². The molecule has 0 spiro atoms. The van der Waals surface area contributed by atoms with Gasteiger partial charge in [-0.2, -0.15) is 5.10 Å². The molecule has 0 amide bonds. The molecule has 1 aromatic carbocycles. The van der Waals surface area contributed by atoms with Crippen molar-refractivity contribution in [2.75, 3.05) is 17.6 Å². The second-order valence-electron chi connectivity index (χ2n) is 6.58. The Kier molecular flexibility index (Phi) is 4.67. The average Bonchev–Trinajstić information content (AvgIpc) is 2.78. The van der Waals surface area contributed by atoms with Crippen LogP contribution in [0.1, 0.15) is 27.6 Å². The number of anilines is 1. The molecule has 0 aliphatic carbocycles. The van der Waals surface area contributed by atoms with E-state index < -0.39 is 0 Å². The Hall–Kier alpha value is -1.98. The third-order valence-corrected chi connectivity index (χ3v) is 6.17. The minimum Gasteiger partial charge on any atom is -0.369 e. The van der Waals surface area contributed by atoms with E-state index in [1.165, 1.54) is 16.7 Å². The first-order valence-corrected chi connectivity index (χ1v) is 10.1. The maximum atomic E-state index is 6.19. The quantitative estimate of drug-likeness (QED) is 0.675. The normalized spacial score (nSPS) is 16.7. The first-order valence-electron chi connectivity index (χ1n) is 8.67. The molecule has 0 fully saturated rings. The molecule has 6 heteroatoms. The first kappa shape index (κ1) is 17.4. The van der Waals surface area contributed by atoms with Gasteiger partial charge < -0.3 is 5.32 Å². The summed E-state index contributed by atoms with van der Waals surface area (Å²) < 4.78 is 1.94. The van der Waals surface area contributed by atoms with E-state index >= 15 is 0 Å². The predicted octanol–water partition coefficient (Wildman–Crippen LogP) is 5.00. The Morgan fingerprint density at radius 3 is 2.85 bits per heavy atom. The van der Waals surface area contributed by atoms with Gasteiger partial charge >= 0.3 is 0 Å². The van der Waals surface area contributed by atoms with Crippen molar-refractivity contribution in [3.05, 3.63) is 63.8 Å². The van der Waals surface area contributed by atoms with Gasteiger partial charge in [0.15, 0.2) is 0 Å². The van der Waals surface area contributed by atoms with Crippen LogP contribution >= 0.6 is 23.4 Å². The van der Waals surface area contributed by atoms with Crippen LogP contribution in [0.2, 0.25) is 5.02 Å². The number of nitrogens with zero attached hydrogens (tertiary/aromatic N) is 3. The summed E-state index contributed by atoms with van der Waals surface area (Å²) in [4.78, 5) is 4.73. The fourth-order valence-electron chi connectivity index (χ4n) is 3.47. The first-order chi connectivity index (χ1) is 12.5. The summed E-state index contributed by atoms with van der Waals surface area (Å²) in [6, 6.07) is 12.2. The second kappa shape index (κ2) is 6.97. The van der Waals surface area contributed by atoms with Crippen LogP contribution in [0.5, 0.6) is 0 Å². The summed E-state index contributed by atoms with van der Waals surface area (Å²) in [7, 11) is 1.99. The Labute approximate surface area is 163 Å². The molecule has 26 heavy (non-hydrogen) atoms. The monoisotopic (exact) mass is 384 g/mol. The van der Waals surface area contributed by atoms with Crippen LogP contribution in [0, 0.1) is 13.8 Å². The zero-order valence-corrected chi connectivity index (χ0v) is 16.7. The lowest BCUT2D eigenvalue weighted by molar-refractivity contribution is 0.773. The minimum atomic E-state index is 0.197. The van der Waals surface area contributed by atoms with Crippen LogP contribution in [0.3, 0.4) is 0 Å². The number of pyridine rings is 1. The fourth-order valence-corrected chi connectivity index (χ4v) is 4.99. The summed E-state index contributed by atoms with van der Waals surface area (Å²) in [5, 5.41) is 9.35. The van der Waals surface area contributed by atoms with Gasteiger partial charge in [0.25, 0.3) is 0 Å². The van der Waals surface area contributed by atoms with Gasteiger partial charge in [-0.1, -0.05) is 23.7 Å². The Bertz CT molecular complexity index is 966. The molecule has 1 aliphatic rings. The van der Waals surface area contributed by atoms with E-state index in [1.54, 1.807) is 0 Å². The summed E-state index contributed by atoms with van der Waals surface area (Å²) in [6.07, 6.45) is 0. The summed E-state index contributed by atoms with van der Waals surface area (Å²) in [5.41, 5.74) is 6.56. The molecule has 134 valence electrons. The average molecular weight is 385 g/mol. The maximum absolute atomic E-state index is 6.19. The van der Waals surface area contributed by atoms with Crippen molar-refractivity contribution in [2.24, 2.45) is 7.05 Å². The highest BCUT2D eigenvalue weighted by atomic mass is 35.5. The maximum Gasteiger partial charge on any atom is 0.129 e. The van der Waals surface area contributed by atoms with Gasteiger partial charge in [-0.25, -0.2) is 0 Å². The molecule has 0 bridgehead atoms. The topological polar surface area (TPSA) is 42.7 Å². The van der Waals surface area contributed by atoms with Gasteiger partial charge in [0.2, 0.25) is 0 Å². The van der Waals surface area contributed by atoms with Gasteiger partial charge in [0.05, 0.1) is 10.9 Å². The summed E-state index contributed by atoms with van der Waals surface area (Å²) in [5.74, 6) is 2.11. The largest absolute Gasteiger partial charge is 0.369 e. The van der Waals surface area contributed by atoms with Crippen molar-refractivity contribution in [1.29, 1.82) is 0 Å². The molecule has 0 radical (unpaired) electrons. The van der Waals surface area contributed by atoms with Crippen LogP contribution in [-0.2, 0) is 7.05 Å². The number of hydrogen-bond donors (Lipinski definition) is 1. The molecule has 0 saturated heterocycles. The standard InChI is InChI=1S/C20H21ClN4S/c1-12-11-14(21)7-8-15(12)19-17-18(16-6-4-5-13(2)23-16)24-25(3)20(17)22-9-10-26-19/h4-8,11,19,22H,9-10H2,1-3H3. The number of hydrogen-bond acceptors (Lipinski definition) is 4. The highest BCUT2D eigenvalue weighted by Gasteiger charge is 2.30. The predicted molar refractivity (Wildman–Crippen MR) is 110 cm³/mol. The second-order valence-corrected chi connectivity index (χ2v) is 8.23. The Morgan fingerprint density at radius 2 is 2.08 bits per heavy atom. The smallest absolute Gasteiger partial charge is 0.129 e. The molecule has 1 unspecified atom stereocenters. The van der Waals surface area contributed by atoms with E-state index in [0.29, 0.717) is 0 Å². The van der Waals surface area contributed by atoms with Crippen LogP contribution in [-0.4, -0.2) is 27.1 Å². The van der Waals surface area contributed by atoms with E-state index in [1.807, 2.05) is 60.7 Å². The lowest BCUT2D eigenvalue weighted by atomic mass is 9.98. The van der Waals surface area contributed by atoms with Crippen LogP contribution in [0.4, 0.5) is 5.82 Å². The van der Waals surface area contributed by atoms with E-state index in [9.17, 15) is 0 Å². The SMILES string of the molecule is Cc1cccc(-c2nn(C)c3c2C(c2ccc(Cl)cc2C)SCCN3)n1. The highest BCUT2D eigenvalue weighted by Crippen LogP contribution is 2.46. The van der Waals surface area contributed by atoms with E-state index in [0.717, 1.165) is 40.2 Å².